The Morgan fingerprint density at radius 3 is 2.77 bits per heavy atom. The number of carbonyl (C=O) groups is 1. The van der Waals surface area contributed by atoms with Gasteiger partial charge in [-0.3, -0.25) is 19.9 Å². The number of alkyl halides is 2. The summed E-state index contributed by atoms with van der Waals surface area (Å²) in [7, 11) is 1.36. The molecule has 10 nitrogen and oxygen atoms in total. The first-order chi connectivity index (χ1) is 19.4. The summed E-state index contributed by atoms with van der Waals surface area (Å²) in [5, 5.41) is 15.8. The van der Waals surface area contributed by atoms with Crippen LogP contribution in [-0.4, -0.2) is 43.0 Å². The van der Waals surface area contributed by atoms with E-state index in [1.54, 1.807) is 0 Å². The maximum absolute atomic E-state index is 13.6. The summed E-state index contributed by atoms with van der Waals surface area (Å²) in [6.07, 6.45) is 4.11. The Labute approximate surface area is 230 Å². The van der Waals surface area contributed by atoms with Gasteiger partial charge in [0.2, 0.25) is 5.13 Å². The SMILES string of the molecule is COc1cnc(C(F)F)cc1-c1cc(-n2nc3c(cc2=O)CCC3)ncc1C(=O)Nc1nnc(C#CC2CC2)s1. The van der Waals surface area contributed by atoms with E-state index in [0.29, 0.717) is 10.9 Å². The van der Waals surface area contributed by atoms with Gasteiger partial charge >= 0.3 is 0 Å². The zero-order valence-corrected chi connectivity index (χ0v) is 22.0. The number of hydrogen-bond donors (Lipinski definition) is 1. The monoisotopic (exact) mass is 561 g/mol. The third-order valence-electron chi connectivity index (χ3n) is 6.54. The van der Waals surface area contributed by atoms with E-state index in [0.717, 1.165) is 71.6 Å². The number of halogens is 2. The molecule has 0 aliphatic heterocycles. The van der Waals surface area contributed by atoms with Gasteiger partial charge in [0.15, 0.2) is 10.8 Å². The largest absolute Gasteiger partial charge is 0.494 e. The predicted molar refractivity (Wildman–Crippen MR) is 142 cm³/mol. The lowest BCUT2D eigenvalue weighted by molar-refractivity contribution is 0.102. The van der Waals surface area contributed by atoms with Crippen molar-refractivity contribution in [2.45, 2.75) is 38.5 Å². The Morgan fingerprint density at radius 2 is 2.00 bits per heavy atom. The number of pyridine rings is 2. The van der Waals surface area contributed by atoms with Crippen molar-refractivity contribution in [1.82, 2.24) is 29.9 Å². The highest BCUT2D eigenvalue weighted by Crippen LogP contribution is 2.35. The molecule has 0 unspecified atom stereocenters. The molecular formula is C27H21F2N7O3S. The average Bonchev–Trinajstić information content (AvgIpc) is 3.50. The van der Waals surface area contributed by atoms with Gasteiger partial charge in [-0.25, -0.2) is 13.8 Å². The van der Waals surface area contributed by atoms with Crippen LogP contribution < -0.4 is 15.6 Å². The fraction of sp³-hybridized carbons (Fsp3) is 0.296. The van der Waals surface area contributed by atoms with Gasteiger partial charge in [0.1, 0.15) is 11.4 Å². The summed E-state index contributed by atoms with van der Waals surface area (Å²) < 4.78 is 33.8. The van der Waals surface area contributed by atoms with Crippen LogP contribution in [0.5, 0.6) is 5.75 Å². The number of hydrogen-bond acceptors (Lipinski definition) is 9. The summed E-state index contributed by atoms with van der Waals surface area (Å²) in [6, 6.07) is 4.12. The first-order valence-corrected chi connectivity index (χ1v) is 13.3. The lowest BCUT2D eigenvalue weighted by Gasteiger charge is -2.15. The number of fused-ring (bicyclic) bond motifs is 1. The van der Waals surface area contributed by atoms with Crippen LogP contribution in [0.4, 0.5) is 13.9 Å². The molecule has 1 N–H and O–H groups in total. The number of aromatic nitrogens is 6. The van der Waals surface area contributed by atoms with E-state index in [1.165, 1.54) is 25.4 Å². The molecule has 13 heteroatoms. The number of nitrogens with zero attached hydrogens (tertiary/aromatic N) is 6. The van der Waals surface area contributed by atoms with Gasteiger partial charge in [-0.15, -0.1) is 10.2 Å². The van der Waals surface area contributed by atoms with E-state index >= 15 is 0 Å². The molecule has 202 valence electrons. The number of nitrogens with one attached hydrogen (secondary N) is 1. The summed E-state index contributed by atoms with van der Waals surface area (Å²) in [4.78, 5) is 34.4. The highest BCUT2D eigenvalue weighted by Gasteiger charge is 2.23. The number of carbonyl (C=O) groups excluding carboxylic acids is 1. The van der Waals surface area contributed by atoms with Gasteiger partial charge in [-0.05, 0) is 55.7 Å². The minimum absolute atomic E-state index is 0.0310. The second-order valence-electron chi connectivity index (χ2n) is 9.33. The first-order valence-electron chi connectivity index (χ1n) is 12.5. The fourth-order valence-corrected chi connectivity index (χ4v) is 4.96. The van der Waals surface area contributed by atoms with E-state index in [9.17, 15) is 18.4 Å². The Bertz CT molecular complexity index is 1760. The normalized spacial score (nSPS) is 14.0. The Hall–Kier alpha value is -4.57. The van der Waals surface area contributed by atoms with Crippen molar-refractivity contribution in [3.05, 3.63) is 68.5 Å². The topological polar surface area (TPSA) is 125 Å². The van der Waals surface area contributed by atoms with Crippen LogP contribution in [0.25, 0.3) is 16.9 Å². The zero-order valence-electron chi connectivity index (χ0n) is 21.1. The Morgan fingerprint density at radius 1 is 1.15 bits per heavy atom. The molecule has 0 bridgehead atoms. The van der Waals surface area contributed by atoms with Crippen molar-refractivity contribution in [1.29, 1.82) is 0 Å². The fourth-order valence-electron chi connectivity index (χ4n) is 4.36. The molecule has 0 saturated heterocycles. The number of aryl methyl sites for hydroxylation is 2. The molecule has 1 amide bonds. The van der Waals surface area contributed by atoms with E-state index in [4.69, 9.17) is 4.74 Å². The van der Waals surface area contributed by atoms with E-state index in [2.05, 4.69) is 42.4 Å². The van der Waals surface area contributed by atoms with Crippen LogP contribution in [0.1, 0.15) is 58.0 Å². The molecule has 4 aromatic rings. The zero-order chi connectivity index (χ0) is 27.8. The molecule has 0 aromatic carbocycles. The molecule has 2 aliphatic carbocycles. The molecule has 1 saturated carbocycles. The summed E-state index contributed by atoms with van der Waals surface area (Å²) in [6.45, 7) is 0. The van der Waals surface area contributed by atoms with Crippen LogP contribution in [0.3, 0.4) is 0 Å². The maximum Gasteiger partial charge on any atom is 0.280 e. The molecule has 6 rings (SSSR count). The second kappa shape index (κ2) is 10.5. The standard InChI is InChI=1S/C27H21F2N7O3S/c1-39-21-13-30-20(25(28)29)10-17(21)16-11-22(36-24(37)9-15-3-2-4-19(15)35-36)31-12-18(16)26(38)32-27-34-33-23(40-27)8-7-14-5-6-14/h9-14,25H,2-6H2,1H3,(H,32,34,38). The van der Waals surface area contributed by atoms with Crippen molar-refractivity contribution in [3.63, 3.8) is 0 Å². The quantitative estimate of drug-likeness (QED) is 0.351. The van der Waals surface area contributed by atoms with Gasteiger partial charge in [0.05, 0.1) is 24.6 Å². The molecule has 4 aromatic heterocycles. The highest BCUT2D eigenvalue weighted by molar-refractivity contribution is 7.15. The van der Waals surface area contributed by atoms with Gasteiger partial charge in [-0.2, -0.15) is 9.78 Å². The molecule has 0 radical (unpaired) electrons. The van der Waals surface area contributed by atoms with Crippen molar-refractivity contribution >= 4 is 22.4 Å². The second-order valence-corrected chi connectivity index (χ2v) is 10.3. The Kier molecular flexibility index (Phi) is 6.77. The van der Waals surface area contributed by atoms with Crippen LogP contribution in [-0.2, 0) is 12.8 Å². The van der Waals surface area contributed by atoms with E-state index < -0.39 is 18.0 Å². The molecule has 0 spiro atoms. The van der Waals surface area contributed by atoms with E-state index in [-0.39, 0.29) is 38.9 Å². The lowest BCUT2D eigenvalue weighted by atomic mass is 10.00. The summed E-state index contributed by atoms with van der Waals surface area (Å²) in [5.41, 5.74) is 1.19. The summed E-state index contributed by atoms with van der Waals surface area (Å²) >= 11 is 1.12. The number of anilines is 1. The minimum atomic E-state index is -2.86. The number of amides is 1. The highest BCUT2D eigenvalue weighted by atomic mass is 32.1. The number of rotatable bonds is 6. The van der Waals surface area contributed by atoms with Crippen LogP contribution in [0, 0.1) is 17.8 Å². The Balaban J connectivity index is 1.43. The van der Waals surface area contributed by atoms with Gasteiger partial charge in [-0.1, -0.05) is 17.3 Å². The van der Waals surface area contributed by atoms with Gasteiger partial charge in [0, 0.05) is 29.3 Å². The average molecular weight is 562 g/mol. The van der Waals surface area contributed by atoms with Crippen molar-refractivity contribution in [3.8, 4) is 34.5 Å². The van der Waals surface area contributed by atoms with Gasteiger partial charge in [0.25, 0.3) is 17.9 Å². The van der Waals surface area contributed by atoms with Crippen molar-refractivity contribution in [2.75, 3.05) is 12.4 Å². The predicted octanol–water partition coefficient (Wildman–Crippen LogP) is 3.99. The molecular weight excluding hydrogens is 540 g/mol. The maximum atomic E-state index is 13.6. The molecule has 1 fully saturated rings. The van der Waals surface area contributed by atoms with Crippen LogP contribution >= 0.6 is 11.3 Å². The summed E-state index contributed by atoms with van der Waals surface area (Å²) in [5.74, 6) is 6.09. The third kappa shape index (κ3) is 5.17. The third-order valence-corrected chi connectivity index (χ3v) is 7.29. The molecule has 0 atom stereocenters. The number of ether oxygens (including phenoxy) is 1. The molecule has 40 heavy (non-hydrogen) atoms. The lowest BCUT2D eigenvalue weighted by Crippen LogP contribution is -2.24. The van der Waals surface area contributed by atoms with Crippen molar-refractivity contribution in [2.24, 2.45) is 5.92 Å². The first kappa shape index (κ1) is 25.7. The molecule has 4 heterocycles. The van der Waals surface area contributed by atoms with Crippen LogP contribution in [0.15, 0.2) is 35.4 Å². The minimum Gasteiger partial charge on any atom is -0.494 e. The van der Waals surface area contributed by atoms with Crippen molar-refractivity contribution < 1.29 is 18.3 Å². The molecule has 2 aliphatic rings. The van der Waals surface area contributed by atoms with E-state index in [1.807, 2.05) is 0 Å². The van der Waals surface area contributed by atoms with Crippen LogP contribution in [0.2, 0.25) is 0 Å². The van der Waals surface area contributed by atoms with Gasteiger partial charge < -0.3 is 4.74 Å². The smallest absolute Gasteiger partial charge is 0.280 e. The number of methoxy groups -OCH3 is 1.